The van der Waals surface area contributed by atoms with Gasteiger partial charge in [-0.1, -0.05) is 0 Å². The maximum absolute atomic E-state index is 11.3. The minimum atomic E-state index is -0.567. The first kappa shape index (κ1) is 45.3. The van der Waals surface area contributed by atoms with E-state index in [0.29, 0.717) is 81.2 Å². The Kier molecular flexibility index (Phi) is 12.1. The molecule has 2 fully saturated rings. The van der Waals surface area contributed by atoms with E-state index < -0.39 is 6.10 Å². The van der Waals surface area contributed by atoms with Crippen LogP contribution in [-0.2, 0) is 12.8 Å². The number of hydrogen-bond donors (Lipinski definition) is 4. The second-order valence-electron chi connectivity index (χ2n) is 19.0. The summed E-state index contributed by atoms with van der Waals surface area (Å²) in [5, 5.41) is 23.4. The third-order valence-corrected chi connectivity index (χ3v) is 16.2. The molecule has 4 aliphatic rings. The molecule has 2 aliphatic heterocycles. The van der Waals surface area contributed by atoms with E-state index in [9.17, 15) is 10.2 Å². The predicted octanol–water partition coefficient (Wildman–Crippen LogP) is 8.71. The molecule has 0 amide bonds. The molecule has 4 aromatic carbocycles. The molecule has 7 unspecified atom stereocenters. The van der Waals surface area contributed by atoms with E-state index in [1.54, 1.807) is 42.2 Å². The lowest BCUT2D eigenvalue weighted by molar-refractivity contribution is 0.0144. The number of thiazole rings is 2. The molecule has 16 nitrogen and oxygen atoms in total. The highest BCUT2D eigenvalue weighted by molar-refractivity contribution is 7.19. The molecule has 0 bridgehead atoms. The number of methoxy groups -OCH3 is 1. The molecule has 12 rings (SSSR count). The number of aromatic nitrogens is 6. The summed E-state index contributed by atoms with van der Waals surface area (Å²) in [7, 11) is 1.67. The van der Waals surface area contributed by atoms with Crippen molar-refractivity contribution >= 4 is 55.0 Å². The minimum absolute atomic E-state index is 0.00290. The van der Waals surface area contributed by atoms with Crippen LogP contribution in [0.25, 0.3) is 42.9 Å². The molecule has 71 heavy (non-hydrogen) atoms. The fourth-order valence-corrected chi connectivity index (χ4v) is 12.6. The van der Waals surface area contributed by atoms with Gasteiger partial charge in [0, 0.05) is 48.2 Å². The van der Waals surface area contributed by atoms with Crippen molar-refractivity contribution in [1.82, 2.24) is 29.9 Å². The number of rotatable bonds is 12. The topological polar surface area (TPSA) is 225 Å². The van der Waals surface area contributed by atoms with Crippen molar-refractivity contribution in [2.45, 2.75) is 87.6 Å². The molecular formula is C53H52N8O8S2. The minimum Gasteiger partial charge on any atom is -0.497 e. The summed E-state index contributed by atoms with van der Waals surface area (Å²) in [6.07, 6.45) is 7.27. The molecule has 0 spiro atoms. The summed E-state index contributed by atoms with van der Waals surface area (Å²) in [6, 6.07) is 23.6. The second kappa shape index (κ2) is 19.0. The van der Waals surface area contributed by atoms with Crippen LogP contribution < -0.4 is 39.9 Å². The van der Waals surface area contributed by atoms with Crippen molar-refractivity contribution in [3.8, 4) is 57.0 Å². The van der Waals surface area contributed by atoms with Gasteiger partial charge in [-0.25, -0.2) is 29.9 Å². The Morgan fingerprint density at radius 1 is 0.620 bits per heavy atom. The smallest absolute Gasteiger partial charge is 0.220 e. The summed E-state index contributed by atoms with van der Waals surface area (Å²) < 4.78 is 39.9. The monoisotopic (exact) mass is 992 g/mol. The van der Waals surface area contributed by atoms with Crippen LogP contribution in [0.2, 0.25) is 0 Å². The Labute approximate surface area is 417 Å². The third kappa shape index (κ3) is 9.56. The highest BCUT2D eigenvalue weighted by Crippen LogP contribution is 2.44. The van der Waals surface area contributed by atoms with Crippen LogP contribution in [0, 0.1) is 5.92 Å². The molecule has 0 radical (unpaired) electrons. The lowest BCUT2D eigenvalue weighted by Crippen LogP contribution is -2.35. The van der Waals surface area contributed by atoms with Gasteiger partial charge >= 0.3 is 0 Å². The molecule has 7 atom stereocenters. The molecule has 2 aliphatic carbocycles. The van der Waals surface area contributed by atoms with Gasteiger partial charge in [-0.2, -0.15) is 0 Å². The van der Waals surface area contributed by atoms with E-state index in [1.807, 2.05) is 54.6 Å². The molecule has 6 heterocycles. The third-order valence-electron chi connectivity index (χ3n) is 13.9. The number of nitrogens with two attached hydrogens (primary N) is 2. The van der Waals surface area contributed by atoms with Gasteiger partial charge in [0.25, 0.3) is 0 Å². The van der Waals surface area contributed by atoms with E-state index >= 15 is 0 Å². The van der Waals surface area contributed by atoms with Gasteiger partial charge in [0.05, 0.1) is 59.9 Å². The Morgan fingerprint density at radius 3 is 1.75 bits per heavy atom. The van der Waals surface area contributed by atoms with Crippen molar-refractivity contribution in [2.24, 2.45) is 5.92 Å². The van der Waals surface area contributed by atoms with Crippen molar-refractivity contribution in [1.29, 1.82) is 0 Å². The van der Waals surface area contributed by atoms with Crippen molar-refractivity contribution < 1.29 is 38.6 Å². The number of benzene rings is 4. The number of fused-ring (bicyclic) bond motifs is 4. The second-order valence-corrected chi connectivity index (χ2v) is 21.1. The highest BCUT2D eigenvalue weighted by Gasteiger charge is 2.33. The summed E-state index contributed by atoms with van der Waals surface area (Å²) >= 11 is 3.24. The highest BCUT2D eigenvalue weighted by atomic mass is 32.1. The van der Waals surface area contributed by atoms with Gasteiger partial charge in [-0.15, -0.1) is 22.7 Å². The van der Waals surface area contributed by atoms with E-state index in [-0.39, 0.29) is 48.0 Å². The number of nitrogens with zero attached hydrogens (tertiary/aromatic N) is 6. The standard InChI is InChI=1S/C53H52N8O8S2/c1-64-36-4-6-42-30(16-36)14-32(25-66-42)50-61-49-45(19-29(21-47(49)71-50)41-9-11-57-53(55)59-41)69-39-13-27(12-35(63)23-39)24-65-37-5-7-43-31(17-37)15-33(26-67-43)51-60-48-44(68-38-3-2-34(62)22-38)18-28(20-46(48)70-51)40-8-10-56-52(54)58-40/h4-11,16-21,27,32-35,38-39,62-63H,2-3,12-15,22-26H2,1H3,(H2,54,56,58)(H2,55,57,59). The van der Waals surface area contributed by atoms with Crippen LogP contribution in [0.1, 0.15) is 71.5 Å². The average Bonchev–Trinajstić information content (AvgIpc) is 4.14. The van der Waals surface area contributed by atoms with Crippen molar-refractivity contribution in [3.63, 3.8) is 0 Å². The normalized spacial score (nSPS) is 22.8. The van der Waals surface area contributed by atoms with Gasteiger partial charge < -0.3 is 50.1 Å². The molecule has 0 saturated heterocycles. The maximum Gasteiger partial charge on any atom is 0.220 e. The molecule has 364 valence electrons. The number of ether oxygens (including phenoxy) is 6. The van der Waals surface area contributed by atoms with Crippen LogP contribution in [0.15, 0.2) is 85.2 Å². The quantitative estimate of drug-likeness (QED) is 0.0898. The van der Waals surface area contributed by atoms with Crippen LogP contribution in [0.3, 0.4) is 0 Å². The largest absolute Gasteiger partial charge is 0.497 e. The lowest BCUT2D eigenvalue weighted by atomic mass is 9.85. The number of aliphatic hydroxyl groups is 2. The first-order valence-electron chi connectivity index (χ1n) is 24.1. The zero-order valence-electron chi connectivity index (χ0n) is 38.9. The number of hydrogen-bond acceptors (Lipinski definition) is 18. The Balaban J connectivity index is 0.753. The number of anilines is 2. The molecule has 8 aromatic rings. The van der Waals surface area contributed by atoms with E-state index in [2.05, 4.69) is 38.1 Å². The summed E-state index contributed by atoms with van der Waals surface area (Å²) in [4.78, 5) is 27.5. The summed E-state index contributed by atoms with van der Waals surface area (Å²) in [6.45, 7) is 1.40. The average molecular weight is 993 g/mol. The molecular weight excluding hydrogens is 941 g/mol. The fraction of sp³-hybridized carbons (Fsp3) is 0.358. The maximum atomic E-state index is 11.3. The first-order valence-corrected chi connectivity index (χ1v) is 25.7. The van der Waals surface area contributed by atoms with E-state index in [1.165, 1.54) is 0 Å². The summed E-state index contributed by atoms with van der Waals surface area (Å²) in [5.41, 5.74) is 18.7. The predicted molar refractivity (Wildman–Crippen MR) is 271 cm³/mol. The Hall–Kier alpha value is -6.86. The zero-order valence-corrected chi connectivity index (χ0v) is 40.5. The van der Waals surface area contributed by atoms with E-state index in [0.717, 1.165) is 88.5 Å². The SMILES string of the molecule is COc1ccc2c(c1)CC(c1nc3c(OC4CC(O)CC(COc5ccc6c(c5)CC(c5nc7c(OC8CCC(O)C8)cc(-c8ccnc(N)n8)cc7s5)CO6)C4)cc(-c4ccnc(N)n4)cc3s1)CO2. The van der Waals surface area contributed by atoms with Crippen LogP contribution in [-0.4, -0.2) is 91.5 Å². The van der Waals surface area contributed by atoms with Crippen LogP contribution in [0.5, 0.6) is 34.5 Å². The fourth-order valence-electron chi connectivity index (χ4n) is 10.4. The van der Waals surface area contributed by atoms with Crippen LogP contribution >= 0.6 is 22.7 Å². The Bertz CT molecular complexity index is 3280. The Morgan fingerprint density at radius 2 is 1.18 bits per heavy atom. The van der Waals surface area contributed by atoms with Crippen molar-refractivity contribution in [2.75, 3.05) is 38.4 Å². The zero-order chi connectivity index (χ0) is 48.2. The molecule has 2 saturated carbocycles. The lowest BCUT2D eigenvalue weighted by Gasteiger charge is -2.33. The number of aliphatic hydroxyl groups excluding tert-OH is 2. The van der Waals surface area contributed by atoms with Crippen molar-refractivity contribution in [3.05, 3.63) is 106 Å². The van der Waals surface area contributed by atoms with Gasteiger partial charge in [-0.05, 0) is 128 Å². The van der Waals surface area contributed by atoms with Gasteiger partial charge in [0.2, 0.25) is 11.9 Å². The molecule has 6 N–H and O–H groups in total. The molecule has 18 heteroatoms. The van der Waals surface area contributed by atoms with Gasteiger partial charge in [0.15, 0.2) is 0 Å². The van der Waals surface area contributed by atoms with Crippen LogP contribution in [0.4, 0.5) is 11.9 Å². The summed E-state index contributed by atoms with van der Waals surface area (Å²) in [5.74, 6) is 4.96. The number of nitrogen functional groups attached to an aromatic ring is 2. The van der Waals surface area contributed by atoms with Gasteiger partial charge in [0.1, 0.15) is 67.8 Å². The first-order chi connectivity index (χ1) is 34.6. The van der Waals surface area contributed by atoms with Gasteiger partial charge in [-0.3, -0.25) is 0 Å². The van der Waals surface area contributed by atoms with E-state index in [4.69, 9.17) is 49.9 Å². The molecule has 4 aromatic heterocycles.